The largest absolute Gasteiger partial charge is 0.357 e. The van der Waals surface area contributed by atoms with Crippen molar-refractivity contribution in [2.45, 2.75) is 10.9 Å². The van der Waals surface area contributed by atoms with E-state index in [4.69, 9.17) is 11.6 Å². The minimum atomic E-state index is -0.0548. The number of anilines is 1. The van der Waals surface area contributed by atoms with E-state index in [2.05, 4.69) is 27.4 Å². The molecule has 0 spiro atoms. The molecule has 0 bridgehead atoms. The fourth-order valence-electron chi connectivity index (χ4n) is 1.52. The molecule has 1 amide bonds. The van der Waals surface area contributed by atoms with Crippen molar-refractivity contribution in [2.24, 2.45) is 0 Å². The fraction of sp³-hybridized carbons (Fsp3) is 0.214. The lowest BCUT2D eigenvalue weighted by Gasteiger charge is -2.04. The highest BCUT2D eigenvalue weighted by molar-refractivity contribution is 8.01. The summed E-state index contributed by atoms with van der Waals surface area (Å²) >= 11 is 8.67. The van der Waals surface area contributed by atoms with Crippen LogP contribution in [0.4, 0.5) is 5.13 Å². The molecule has 2 rings (SSSR count). The van der Waals surface area contributed by atoms with Crippen molar-refractivity contribution < 1.29 is 4.79 Å². The van der Waals surface area contributed by atoms with Crippen molar-refractivity contribution >= 4 is 45.7 Å². The molecule has 0 aliphatic rings. The summed E-state index contributed by atoms with van der Waals surface area (Å²) in [5.74, 6) is 0.247. The quantitative estimate of drug-likeness (QED) is 0.563. The van der Waals surface area contributed by atoms with Crippen LogP contribution >= 0.6 is 34.7 Å². The Morgan fingerprint density at radius 1 is 1.45 bits per heavy atom. The lowest BCUT2D eigenvalue weighted by molar-refractivity contribution is -0.118. The molecule has 2 N–H and O–H groups in total. The van der Waals surface area contributed by atoms with Gasteiger partial charge in [-0.1, -0.05) is 52.9 Å². The third-order valence-corrected chi connectivity index (χ3v) is 4.76. The zero-order valence-electron chi connectivity index (χ0n) is 11.7. The number of benzene rings is 1. The number of rotatable bonds is 8. The highest BCUT2D eigenvalue weighted by Crippen LogP contribution is 2.25. The van der Waals surface area contributed by atoms with E-state index in [1.165, 1.54) is 23.1 Å². The van der Waals surface area contributed by atoms with Crippen molar-refractivity contribution in [3.8, 4) is 0 Å². The number of hydrogen-bond donors (Lipinski definition) is 2. The van der Waals surface area contributed by atoms with Crippen molar-refractivity contribution in [1.29, 1.82) is 0 Å². The summed E-state index contributed by atoms with van der Waals surface area (Å²) in [6, 6.07) is 7.41. The second-order valence-corrected chi connectivity index (χ2v) is 6.87. The molecule has 0 atom stereocenters. The second-order valence-electron chi connectivity index (χ2n) is 4.24. The van der Waals surface area contributed by atoms with Gasteiger partial charge in [0.05, 0.1) is 5.75 Å². The van der Waals surface area contributed by atoms with Gasteiger partial charge < -0.3 is 10.6 Å². The molecule has 1 heterocycles. The van der Waals surface area contributed by atoms with Gasteiger partial charge in [0.2, 0.25) is 11.0 Å². The van der Waals surface area contributed by atoms with Crippen LogP contribution in [-0.2, 0) is 11.3 Å². The number of halogens is 1. The van der Waals surface area contributed by atoms with E-state index in [1.54, 1.807) is 12.1 Å². The van der Waals surface area contributed by atoms with Gasteiger partial charge in [-0.15, -0.1) is 16.8 Å². The summed E-state index contributed by atoms with van der Waals surface area (Å²) in [7, 11) is 0. The molecule has 5 nitrogen and oxygen atoms in total. The number of thioether (sulfide) groups is 1. The van der Waals surface area contributed by atoms with Gasteiger partial charge in [-0.05, 0) is 17.7 Å². The lowest BCUT2D eigenvalue weighted by Crippen LogP contribution is -2.24. The molecule has 116 valence electrons. The van der Waals surface area contributed by atoms with Gasteiger partial charge in [-0.2, -0.15) is 0 Å². The van der Waals surface area contributed by atoms with Gasteiger partial charge in [0.15, 0.2) is 4.34 Å². The van der Waals surface area contributed by atoms with Crippen LogP contribution in [0.3, 0.4) is 0 Å². The summed E-state index contributed by atoms with van der Waals surface area (Å²) < 4.78 is 0.754. The molecule has 1 aromatic heterocycles. The number of nitrogens with zero attached hydrogens (tertiary/aromatic N) is 2. The zero-order chi connectivity index (χ0) is 15.8. The Kier molecular flexibility index (Phi) is 6.70. The number of carbonyl (C=O) groups excluding carboxylic acids is 1. The third-order valence-electron chi connectivity index (χ3n) is 2.51. The molecular formula is C14H15ClN4OS2. The first-order valence-corrected chi connectivity index (χ1v) is 8.67. The summed E-state index contributed by atoms with van der Waals surface area (Å²) in [5, 5.41) is 15.3. The average Bonchev–Trinajstić information content (AvgIpc) is 2.97. The molecule has 0 aliphatic heterocycles. The molecule has 2 aromatic rings. The van der Waals surface area contributed by atoms with Crippen LogP contribution in [0.25, 0.3) is 0 Å². The normalized spacial score (nSPS) is 10.2. The molecule has 1 aromatic carbocycles. The van der Waals surface area contributed by atoms with E-state index < -0.39 is 0 Å². The minimum Gasteiger partial charge on any atom is -0.357 e. The molecule has 0 unspecified atom stereocenters. The highest BCUT2D eigenvalue weighted by atomic mass is 35.5. The molecule has 8 heteroatoms. The van der Waals surface area contributed by atoms with Crippen LogP contribution in [0.15, 0.2) is 41.3 Å². The van der Waals surface area contributed by atoms with Crippen LogP contribution < -0.4 is 10.6 Å². The van der Waals surface area contributed by atoms with Crippen LogP contribution in [-0.4, -0.2) is 28.4 Å². The Morgan fingerprint density at radius 3 is 3.09 bits per heavy atom. The molecule has 0 saturated carbocycles. The number of amides is 1. The predicted octanol–water partition coefficient (Wildman–Crippen LogP) is 3.20. The first-order chi connectivity index (χ1) is 10.7. The van der Waals surface area contributed by atoms with Gasteiger partial charge in [-0.25, -0.2) is 0 Å². The van der Waals surface area contributed by atoms with E-state index in [0.717, 1.165) is 15.0 Å². The smallest absolute Gasteiger partial charge is 0.230 e. The predicted molar refractivity (Wildman–Crippen MR) is 92.6 cm³/mol. The molecule has 0 saturated heterocycles. The summed E-state index contributed by atoms with van der Waals surface area (Å²) in [6.45, 7) is 4.72. The Balaban J connectivity index is 1.73. The number of aromatic nitrogens is 2. The van der Waals surface area contributed by atoms with Crippen LogP contribution in [0, 0.1) is 0 Å². The summed E-state index contributed by atoms with van der Waals surface area (Å²) in [4.78, 5) is 11.8. The topological polar surface area (TPSA) is 66.9 Å². The Bertz CT molecular complexity index is 647. The van der Waals surface area contributed by atoms with E-state index >= 15 is 0 Å². The number of carbonyl (C=O) groups is 1. The summed E-state index contributed by atoms with van der Waals surface area (Å²) in [6.07, 6.45) is 1.75. The maximum Gasteiger partial charge on any atom is 0.230 e. The Labute approximate surface area is 142 Å². The molecule has 0 fully saturated rings. The maximum absolute atomic E-state index is 11.8. The lowest BCUT2D eigenvalue weighted by atomic mass is 10.2. The van der Waals surface area contributed by atoms with Gasteiger partial charge in [-0.3, -0.25) is 4.79 Å². The van der Waals surface area contributed by atoms with Crippen LogP contribution in [0.2, 0.25) is 5.02 Å². The van der Waals surface area contributed by atoms with Gasteiger partial charge >= 0.3 is 0 Å². The number of hydrogen-bond acceptors (Lipinski definition) is 6. The fourth-order valence-corrected chi connectivity index (χ4v) is 3.33. The molecule has 0 radical (unpaired) electrons. The standard InChI is InChI=1S/C14H15ClN4OS2/c1-2-6-16-13-18-19-14(22-13)21-9-12(20)17-8-10-4-3-5-11(15)7-10/h2-5,7H,1,6,8-9H2,(H,16,18)(H,17,20). The SMILES string of the molecule is C=CCNc1nnc(SCC(=O)NCc2cccc(Cl)c2)s1. The summed E-state index contributed by atoms with van der Waals surface area (Å²) in [5.41, 5.74) is 0.970. The average molecular weight is 355 g/mol. The zero-order valence-corrected chi connectivity index (χ0v) is 14.1. The highest BCUT2D eigenvalue weighted by Gasteiger charge is 2.07. The van der Waals surface area contributed by atoms with E-state index in [0.29, 0.717) is 23.9 Å². The van der Waals surface area contributed by atoms with Crippen LogP contribution in [0.1, 0.15) is 5.56 Å². The second kappa shape index (κ2) is 8.77. The molecule has 0 aliphatic carbocycles. The molecular weight excluding hydrogens is 340 g/mol. The van der Waals surface area contributed by atoms with E-state index in [9.17, 15) is 4.79 Å². The van der Waals surface area contributed by atoms with Crippen molar-refractivity contribution in [1.82, 2.24) is 15.5 Å². The monoisotopic (exact) mass is 354 g/mol. The molecule has 22 heavy (non-hydrogen) atoms. The van der Waals surface area contributed by atoms with Gasteiger partial charge in [0, 0.05) is 18.1 Å². The van der Waals surface area contributed by atoms with Crippen molar-refractivity contribution in [3.05, 3.63) is 47.5 Å². The Morgan fingerprint density at radius 2 is 2.32 bits per heavy atom. The van der Waals surface area contributed by atoms with E-state index in [1.807, 2.05) is 18.2 Å². The minimum absolute atomic E-state index is 0.0548. The van der Waals surface area contributed by atoms with Crippen molar-refractivity contribution in [3.63, 3.8) is 0 Å². The third kappa shape index (κ3) is 5.67. The number of nitrogens with one attached hydrogen (secondary N) is 2. The Hall–Kier alpha value is -1.57. The van der Waals surface area contributed by atoms with Gasteiger partial charge in [0.1, 0.15) is 0 Å². The first kappa shape index (κ1) is 16.8. The van der Waals surface area contributed by atoms with Gasteiger partial charge in [0.25, 0.3) is 0 Å². The maximum atomic E-state index is 11.8. The first-order valence-electron chi connectivity index (χ1n) is 6.49. The van der Waals surface area contributed by atoms with E-state index in [-0.39, 0.29) is 5.91 Å². The van der Waals surface area contributed by atoms with Crippen molar-refractivity contribution in [2.75, 3.05) is 17.6 Å². The van der Waals surface area contributed by atoms with Crippen LogP contribution in [0.5, 0.6) is 0 Å².